The molecule has 4 nitrogen and oxygen atoms in total. The van der Waals surface area contributed by atoms with Crippen molar-refractivity contribution < 1.29 is 19.0 Å². The molecule has 1 unspecified atom stereocenters. The van der Waals surface area contributed by atoms with Crippen LogP contribution in [0.5, 0.6) is 5.75 Å². The van der Waals surface area contributed by atoms with Gasteiger partial charge in [0.25, 0.3) is 0 Å². The maximum atomic E-state index is 11.5. The largest absolute Gasteiger partial charge is 0.501 e. The van der Waals surface area contributed by atoms with E-state index in [1.807, 2.05) is 13.8 Å². The Bertz CT molecular complexity index is 519. The van der Waals surface area contributed by atoms with Crippen molar-refractivity contribution in [2.75, 3.05) is 7.11 Å². The number of halogens is 1. The maximum Gasteiger partial charge on any atom is 0.334 e. The monoisotopic (exact) mass is 296 g/mol. The van der Waals surface area contributed by atoms with E-state index in [1.54, 1.807) is 24.3 Å². The van der Waals surface area contributed by atoms with E-state index in [9.17, 15) is 4.79 Å². The van der Waals surface area contributed by atoms with Crippen molar-refractivity contribution in [3.8, 4) is 5.75 Å². The fourth-order valence-corrected chi connectivity index (χ4v) is 2.12. The summed E-state index contributed by atoms with van der Waals surface area (Å²) >= 11 is 5.84. The Balaban J connectivity index is 2.12. The number of cyclic esters (lactones) is 1. The van der Waals surface area contributed by atoms with Crippen LogP contribution in [0.15, 0.2) is 36.1 Å². The number of ether oxygens (including phenoxy) is 3. The highest BCUT2D eigenvalue weighted by atomic mass is 35.5. The maximum absolute atomic E-state index is 11.5. The minimum Gasteiger partial charge on any atom is -0.501 e. The Kier molecular flexibility index (Phi) is 4.23. The first-order valence-corrected chi connectivity index (χ1v) is 6.68. The van der Waals surface area contributed by atoms with E-state index in [2.05, 4.69) is 0 Å². The van der Waals surface area contributed by atoms with Gasteiger partial charge in [-0.1, -0.05) is 11.6 Å². The van der Waals surface area contributed by atoms with Crippen molar-refractivity contribution >= 4 is 17.6 Å². The van der Waals surface area contributed by atoms with Gasteiger partial charge in [0.05, 0.1) is 13.2 Å². The van der Waals surface area contributed by atoms with Crippen molar-refractivity contribution in [1.29, 1.82) is 0 Å². The van der Waals surface area contributed by atoms with Gasteiger partial charge in [0.15, 0.2) is 0 Å². The van der Waals surface area contributed by atoms with Crippen molar-refractivity contribution in [3.05, 3.63) is 41.1 Å². The SMILES string of the molecule is COC1=CC(=O)OC(C(C)(C)Oc2ccc(Cl)cc2)C1. The lowest BCUT2D eigenvalue weighted by molar-refractivity contribution is -0.156. The molecule has 1 heterocycles. The quantitative estimate of drug-likeness (QED) is 0.799. The molecule has 20 heavy (non-hydrogen) atoms. The molecule has 1 atom stereocenters. The number of esters is 1. The molecule has 0 saturated carbocycles. The van der Waals surface area contributed by atoms with Crippen molar-refractivity contribution in [2.24, 2.45) is 0 Å². The molecular weight excluding hydrogens is 280 g/mol. The third-order valence-corrected chi connectivity index (χ3v) is 3.41. The zero-order chi connectivity index (χ0) is 14.8. The summed E-state index contributed by atoms with van der Waals surface area (Å²) in [5.41, 5.74) is -0.679. The van der Waals surface area contributed by atoms with Crippen LogP contribution in [0.3, 0.4) is 0 Å². The molecule has 1 aromatic rings. The van der Waals surface area contributed by atoms with E-state index in [1.165, 1.54) is 13.2 Å². The Morgan fingerprint density at radius 1 is 1.30 bits per heavy atom. The van der Waals surface area contributed by atoms with E-state index < -0.39 is 17.7 Å². The molecule has 1 aromatic carbocycles. The predicted octanol–water partition coefficient (Wildman–Crippen LogP) is 3.34. The molecule has 0 spiro atoms. The van der Waals surface area contributed by atoms with Gasteiger partial charge in [-0.05, 0) is 38.1 Å². The van der Waals surface area contributed by atoms with Gasteiger partial charge in [-0.3, -0.25) is 0 Å². The van der Waals surface area contributed by atoms with E-state index in [0.29, 0.717) is 23.0 Å². The number of hydrogen-bond acceptors (Lipinski definition) is 4. The lowest BCUT2D eigenvalue weighted by Gasteiger charge is -2.36. The van der Waals surface area contributed by atoms with Crippen LogP contribution in [-0.2, 0) is 14.3 Å². The summed E-state index contributed by atoms with van der Waals surface area (Å²) in [6, 6.07) is 7.06. The highest BCUT2D eigenvalue weighted by Crippen LogP contribution is 2.30. The minimum absolute atomic E-state index is 0.411. The summed E-state index contributed by atoms with van der Waals surface area (Å²) in [4.78, 5) is 11.5. The van der Waals surface area contributed by atoms with E-state index >= 15 is 0 Å². The standard InChI is InChI=1S/C15H17ClO4/c1-15(2,20-11-6-4-10(16)5-7-11)13-8-12(18-3)9-14(17)19-13/h4-7,9,13H,8H2,1-3H3. The summed E-state index contributed by atoms with van der Waals surface area (Å²) in [5.74, 6) is 0.855. The molecule has 0 N–H and O–H groups in total. The summed E-state index contributed by atoms with van der Waals surface area (Å²) in [7, 11) is 1.54. The molecule has 0 amide bonds. The van der Waals surface area contributed by atoms with Crippen LogP contribution in [-0.4, -0.2) is 24.8 Å². The summed E-state index contributed by atoms with van der Waals surface area (Å²) in [6.07, 6.45) is 1.43. The average molecular weight is 297 g/mol. The zero-order valence-electron chi connectivity index (χ0n) is 11.7. The van der Waals surface area contributed by atoms with Gasteiger partial charge >= 0.3 is 5.97 Å². The Hall–Kier alpha value is -1.68. The van der Waals surface area contributed by atoms with E-state index in [-0.39, 0.29) is 0 Å². The number of hydrogen-bond donors (Lipinski definition) is 0. The van der Waals surface area contributed by atoms with Crippen LogP contribution in [0, 0.1) is 0 Å². The van der Waals surface area contributed by atoms with Gasteiger partial charge in [0.1, 0.15) is 23.2 Å². The van der Waals surface area contributed by atoms with E-state index in [0.717, 1.165) is 0 Å². The van der Waals surface area contributed by atoms with E-state index in [4.69, 9.17) is 25.8 Å². The highest BCUT2D eigenvalue weighted by Gasteiger charge is 2.38. The van der Waals surface area contributed by atoms with Crippen molar-refractivity contribution in [1.82, 2.24) is 0 Å². The van der Waals surface area contributed by atoms with Crippen LogP contribution >= 0.6 is 11.6 Å². The first kappa shape index (κ1) is 14.7. The molecule has 108 valence electrons. The van der Waals surface area contributed by atoms with Gasteiger partial charge in [0.2, 0.25) is 0 Å². The molecule has 0 aromatic heterocycles. The molecule has 0 radical (unpaired) electrons. The molecule has 0 fully saturated rings. The van der Waals surface area contributed by atoms with Crippen LogP contribution in [0.4, 0.5) is 0 Å². The summed E-state index contributed by atoms with van der Waals surface area (Å²) in [5, 5.41) is 0.642. The lowest BCUT2D eigenvalue weighted by Crippen LogP contribution is -2.46. The molecule has 0 aliphatic carbocycles. The van der Waals surface area contributed by atoms with Crippen molar-refractivity contribution in [3.63, 3.8) is 0 Å². The average Bonchev–Trinajstić information content (AvgIpc) is 2.40. The predicted molar refractivity (Wildman–Crippen MR) is 75.7 cm³/mol. The fraction of sp³-hybridized carbons (Fsp3) is 0.400. The molecule has 0 bridgehead atoms. The Morgan fingerprint density at radius 3 is 2.55 bits per heavy atom. The highest BCUT2D eigenvalue weighted by molar-refractivity contribution is 6.30. The minimum atomic E-state index is -0.679. The molecule has 1 aliphatic heterocycles. The zero-order valence-corrected chi connectivity index (χ0v) is 12.4. The van der Waals surface area contributed by atoms with Gasteiger partial charge < -0.3 is 14.2 Å². The second kappa shape index (κ2) is 5.75. The van der Waals surface area contributed by atoms with Crippen LogP contribution in [0.2, 0.25) is 5.02 Å². The topological polar surface area (TPSA) is 44.8 Å². The molecule has 2 rings (SSSR count). The van der Waals surface area contributed by atoms with Crippen LogP contribution < -0.4 is 4.74 Å². The smallest absolute Gasteiger partial charge is 0.334 e. The number of benzene rings is 1. The van der Waals surface area contributed by atoms with Gasteiger partial charge in [-0.2, -0.15) is 0 Å². The second-order valence-electron chi connectivity index (χ2n) is 5.10. The lowest BCUT2D eigenvalue weighted by atomic mass is 9.96. The second-order valence-corrected chi connectivity index (χ2v) is 5.54. The molecule has 0 saturated heterocycles. The molecule has 1 aliphatic rings. The Morgan fingerprint density at radius 2 is 1.95 bits per heavy atom. The van der Waals surface area contributed by atoms with Crippen LogP contribution in [0.1, 0.15) is 20.3 Å². The van der Waals surface area contributed by atoms with Crippen molar-refractivity contribution in [2.45, 2.75) is 32.0 Å². The normalized spacial score (nSPS) is 19.1. The number of methoxy groups -OCH3 is 1. The number of carbonyl (C=O) groups is 1. The summed E-state index contributed by atoms with van der Waals surface area (Å²) in [6.45, 7) is 3.75. The fourth-order valence-electron chi connectivity index (χ4n) is 1.99. The van der Waals surface area contributed by atoms with Gasteiger partial charge in [-0.15, -0.1) is 0 Å². The Labute approximate surface area is 123 Å². The number of carbonyl (C=O) groups excluding carboxylic acids is 1. The number of rotatable bonds is 4. The van der Waals surface area contributed by atoms with Gasteiger partial charge in [-0.25, -0.2) is 4.79 Å². The first-order chi connectivity index (χ1) is 9.40. The first-order valence-electron chi connectivity index (χ1n) is 6.30. The van der Waals surface area contributed by atoms with Gasteiger partial charge in [0, 0.05) is 11.4 Å². The molecular formula is C15H17ClO4. The molecule has 5 heteroatoms. The van der Waals surface area contributed by atoms with Crippen LogP contribution in [0.25, 0.3) is 0 Å². The third kappa shape index (κ3) is 3.45. The third-order valence-electron chi connectivity index (χ3n) is 3.16. The summed E-state index contributed by atoms with van der Waals surface area (Å²) < 4.78 is 16.4.